The van der Waals surface area contributed by atoms with Crippen molar-refractivity contribution in [2.24, 2.45) is 0 Å². The molecular weight excluding hydrogens is 315 g/mol. The molecule has 1 amide bonds. The Morgan fingerprint density at radius 3 is 2.96 bits per heavy atom. The van der Waals surface area contributed by atoms with Crippen LogP contribution in [0.15, 0.2) is 24.5 Å². The second kappa shape index (κ2) is 6.96. The monoisotopic (exact) mass is 334 g/mol. The zero-order chi connectivity index (χ0) is 17.1. The minimum absolute atomic E-state index is 0.0437. The molecule has 2 atom stereocenters. The van der Waals surface area contributed by atoms with Gasteiger partial charge in [0.15, 0.2) is 0 Å². The highest BCUT2D eigenvalue weighted by Gasteiger charge is 2.38. The average molecular weight is 334 g/mol. The molecule has 8 heteroatoms. The summed E-state index contributed by atoms with van der Waals surface area (Å²) in [6.45, 7) is 0.457. The predicted molar refractivity (Wildman–Crippen MR) is 82.9 cm³/mol. The topological polar surface area (TPSA) is 80.3 Å². The van der Waals surface area contributed by atoms with Crippen LogP contribution in [0, 0.1) is 5.82 Å². The number of nitrogens with one attached hydrogen (secondary N) is 1. The fourth-order valence-corrected chi connectivity index (χ4v) is 3.03. The van der Waals surface area contributed by atoms with Crippen LogP contribution in [-0.4, -0.2) is 52.9 Å². The minimum Gasteiger partial charge on any atom is -0.496 e. The van der Waals surface area contributed by atoms with Crippen molar-refractivity contribution in [2.75, 3.05) is 20.8 Å². The first kappa shape index (κ1) is 16.4. The number of likely N-dealkylation sites (tertiary alicyclic amines) is 1. The minimum atomic E-state index is -0.401. The Kier molecular flexibility index (Phi) is 4.75. The van der Waals surface area contributed by atoms with E-state index in [0.717, 1.165) is 0 Å². The van der Waals surface area contributed by atoms with Crippen LogP contribution in [0.5, 0.6) is 5.75 Å². The second-order valence-electron chi connectivity index (χ2n) is 5.66. The summed E-state index contributed by atoms with van der Waals surface area (Å²) in [5.74, 6) is 0.569. The lowest BCUT2D eigenvalue weighted by atomic mass is 10.1. The largest absolute Gasteiger partial charge is 0.496 e. The van der Waals surface area contributed by atoms with Crippen molar-refractivity contribution in [3.63, 3.8) is 0 Å². The Balaban J connectivity index is 1.81. The van der Waals surface area contributed by atoms with Gasteiger partial charge in [0.2, 0.25) is 5.91 Å². The number of rotatable bonds is 5. The zero-order valence-electron chi connectivity index (χ0n) is 13.5. The molecule has 0 radical (unpaired) electrons. The summed E-state index contributed by atoms with van der Waals surface area (Å²) >= 11 is 0. The molecule has 1 saturated heterocycles. The van der Waals surface area contributed by atoms with Crippen LogP contribution in [0.2, 0.25) is 0 Å². The number of methoxy groups -OCH3 is 2. The fraction of sp³-hybridized carbons (Fsp3) is 0.438. The first-order valence-corrected chi connectivity index (χ1v) is 7.62. The van der Waals surface area contributed by atoms with Crippen molar-refractivity contribution in [2.45, 2.75) is 25.0 Å². The Labute approximate surface area is 138 Å². The van der Waals surface area contributed by atoms with Gasteiger partial charge >= 0.3 is 0 Å². The van der Waals surface area contributed by atoms with Gasteiger partial charge in [0, 0.05) is 25.6 Å². The van der Waals surface area contributed by atoms with E-state index in [1.807, 2.05) is 0 Å². The number of hydrogen-bond donors (Lipinski definition) is 1. The number of ether oxygens (including phenoxy) is 2. The number of aromatic amines is 1. The molecule has 0 aliphatic carbocycles. The van der Waals surface area contributed by atoms with Crippen LogP contribution >= 0.6 is 0 Å². The van der Waals surface area contributed by atoms with E-state index in [9.17, 15) is 9.18 Å². The molecule has 1 aromatic heterocycles. The molecule has 0 bridgehead atoms. The van der Waals surface area contributed by atoms with E-state index in [0.29, 0.717) is 30.1 Å². The van der Waals surface area contributed by atoms with Crippen molar-refractivity contribution < 1.29 is 18.7 Å². The van der Waals surface area contributed by atoms with E-state index in [-0.39, 0.29) is 24.5 Å². The summed E-state index contributed by atoms with van der Waals surface area (Å²) in [6, 6.07) is 3.92. The molecular formula is C16H19FN4O3. The Morgan fingerprint density at radius 2 is 2.29 bits per heavy atom. The van der Waals surface area contributed by atoms with Gasteiger partial charge in [-0.3, -0.25) is 9.89 Å². The Morgan fingerprint density at radius 1 is 1.46 bits per heavy atom. The number of carbonyl (C=O) groups is 1. The van der Waals surface area contributed by atoms with Crippen LogP contribution in [-0.2, 0) is 16.0 Å². The van der Waals surface area contributed by atoms with Gasteiger partial charge in [-0.15, -0.1) is 0 Å². The third-order valence-electron chi connectivity index (χ3n) is 4.25. The van der Waals surface area contributed by atoms with Gasteiger partial charge in [0.25, 0.3) is 0 Å². The molecule has 1 aliphatic rings. The van der Waals surface area contributed by atoms with Gasteiger partial charge in [-0.25, -0.2) is 9.37 Å². The fourth-order valence-electron chi connectivity index (χ4n) is 3.03. The number of benzene rings is 1. The summed E-state index contributed by atoms with van der Waals surface area (Å²) in [5, 5.41) is 6.66. The highest BCUT2D eigenvalue weighted by Crippen LogP contribution is 2.32. The van der Waals surface area contributed by atoms with Gasteiger partial charge in [-0.1, -0.05) is 0 Å². The number of carbonyl (C=O) groups excluding carboxylic acids is 1. The average Bonchev–Trinajstić information content (AvgIpc) is 3.24. The van der Waals surface area contributed by atoms with E-state index in [1.54, 1.807) is 12.0 Å². The lowest BCUT2D eigenvalue weighted by molar-refractivity contribution is -0.131. The van der Waals surface area contributed by atoms with Crippen molar-refractivity contribution in [3.05, 3.63) is 41.7 Å². The molecule has 7 nitrogen and oxygen atoms in total. The van der Waals surface area contributed by atoms with E-state index in [1.165, 1.54) is 31.6 Å². The highest BCUT2D eigenvalue weighted by molar-refractivity contribution is 5.80. The van der Waals surface area contributed by atoms with Crippen LogP contribution in [0.1, 0.15) is 23.9 Å². The first-order valence-electron chi connectivity index (χ1n) is 7.62. The van der Waals surface area contributed by atoms with E-state index in [4.69, 9.17) is 9.47 Å². The van der Waals surface area contributed by atoms with Crippen LogP contribution in [0.3, 0.4) is 0 Å². The highest BCUT2D eigenvalue weighted by atomic mass is 19.1. The summed E-state index contributed by atoms with van der Waals surface area (Å²) in [7, 11) is 3.11. The van der Waals surface area contributed by atoms with Crippen molar-refractivity contribution in [1.82, 2.24) is 20.1 Å². The number of aromatic nitrogens is 3. The number of nitrogens with zero attached hydrogens (tertiary/aromatic N) is 3. The summed E-state index contributed by atoms with van der Waals surface area (Å²) in [6.07, 6.45) is 2.02. The van der Waals surface area contributed by atoms with Gasteiger partial charge in [0.1, 0.15) is 23.7 Å². The van der Waals surface area contributed by atoms with Crippen molar-refractivity contribution >= 4 is 5.91 Å². The maximum absolute atomic E-state index is 13.5. The third-order valence-corrected chi connectivity index (χ3v) is 4.25. The SMILES string of the molecule is COc1ccc(F)cc1CC(=O)N1C[C@H](OC)C[C@H]1c1ncn[nH]1. The maximum atomic E-state index is 13.5. The van der Waals surface area contributed by atoms with E-state index >= 15 is 0 Å². The second-order valence-corrected chi connectivity index (χ2v) is 5.66. The standard InChI is InChI=1S/C16H19FN4O3/c1-23-12-7-13(16-18-9-19-20-16)21(8-12)15(22)6-10-5-11(17)3-4-14(10)24-2/h3-5,9,12-13H,6-8H2,1-2H3,(H,18,19,20)/t12-,13+/m1/s1. The van der Waals surface area contributed by atoms with Gasteiger partial charge in [-0.05, 0) is 18.2 Å². The molecule has 1 aromatic carbocycles. The number of amides is 1. The van der Waals surface area contributed by atoms with Crippen molar-refractivity contribution in [3.8, 4) is 5.75 Å². The lowest BCUT2D eigenvalue weighted by Crippen LogP contribution is -2.33. The molecule has 3 rings (SSSR count). The van der Waals surface area contributed by atoms with Crippen LogP contribution in [0.4, 0.5) is 4.39 Å². The molecule has 0 saturated carbocycles. The Bertz CT molecular complexity index is 707. The summed E-state index contributed by atoms with van der Waals surface area (Å²) in [5.41, 5.74) is 0.514. The summed E-state index contributed by atoms with van der Waals surface area (Å²) < 4.78 is 24.1. The molecule has 1 fully saturated rings. The van der Waals surface area contributed by atoms with Gasteiger partial charge in [0.05, 0.1) is 25.7 Å². The zero-order valence-corrected chi connectivity index (χ0v) is 13.5. The first-order chi connectivity index (χ1) is 11.6. The Hall–Kier alpha value is -2.48. The lowest BCUT2D eigenvalue weighted by Gasteiger charge is -2.23. The molecule has 2 heterocycles. The maximum Gasteiger partial charge on any atom is 0.227 e. The van der Waals surface area contributed by atoms with Gasteiger partial charge in [-0.2, -0.15) is 5.10 Å². The number of hydrogen-bond acceptors (Lipinski definition) is 5. The van der Waals surface area contributed by atoms with E-state index in [2.05, 4.69) is 15.2 Å². The quantitative estimate of drug-likeness (QED) is 0.896. The van der Waals surface area contributed by atoms with Crippen molar-refractivity contribution in [1.29, 1.82) is 0 Å². The third kappa shape index (κ3) is 3.23. The van der Waals surface area contributed by atoms with Crippen LogP contribution < -0.4 is 4.74 Å². The van der Waals surface area contributed by atoms with E-state index < -0.39 is 5.82 Å². The predicted octanol–water partition coefficient (Wildman–Crippen LogP) is 1.48. The normalized spacial score (nSPS) is 20.4. The smallest absolute Gasteiger partial charge is 0.227 e. The van der Waals surface area contributed by atoms with Gasteiger partial charge < -0.3 is 14.4 Å². The summed E-state index contributed by atoms with van der Waals surface area (Å²) in [4.78, 5) is 18.6. The molecule has 24 heavy (non-hydrogen) atoms. The number of H-pyrrole nitrogens is 1. The number of halogens is 1. The molecule has 0 spiro atoms. The molecule has 1 aliphatic heterocycles. The molecule has 2 aromatic rings. The van der Waals surface area contributed by atoms with Crippen LogP contribution in [0.25, 0.3) is 0 Å². The molecule has 128 valence electrons. The molecule has 1 N–H and O–H groups in total. The molecule has 0 unspecified atom stereocenters.